The van der Waals surface area contributed by atoms with E-state index in [4.69, 9.17) is 0 Å². The van der Waals surface area contributed by atoms with E-state index >= 15 is 0 Å². The number of nitrogens with zero attached hydrogens (tertiary/aromatic N) is 1. The standard InChI is InChI=1S/C12H16F2N2/c1-8-6-16(7-9(2)15-8)10-3-4-11(13)12(14)5-10/h3-5,8-9,15H,6-7H2,1-2H3. The highest BCUT2D eigenvalue weighted by molar-refractivity contribution is 5.47. The van der Waals surface area contributed by atoms with Gasteiger partial charge in [-0.25, -0.2) is 8.78 Å². The fraction of sp³-hybridized carbons (Fsp3) is 0.500. The van der Waals surface area contributed by atoms with Crippen LogP contribution in [0.4, 0.5) is 14.5 Å². The predicted octanol–water partition coefficient (Wildman–Crippen LogP) is 2.15. The van der Waals surface area contributed by atoms with Crippen LogP contribution in [0, 0.1) is 11.6 Å². The van der Waals surface area contributed by atoms with Crippen LogP contribution in [0.5, 0.6) is 0 Å². The molecule has 1 heterocycles. The SMILES string of the molecule is CC1CN(c2ccc(F)c(F)c2)CC(C)N1. The minimum absolute atomic E-state index is 0.358. The maximum Gasteiger partial charge on any atom is 0.160 e. The molecule has 0 spiro atoms. The van der Waals surface area contributed by atoms with Crippen LogP contribution in [0.25, 0.3) is 0 Å². The molecule has 0 aliphatic carbocycles. The number of hydrogen-bond donors (Lipinski definition) is 1. The molecule has 1 fully saturated rings. The highest BCUT2D eigenvalue weighted by atomic mass is 19.2. The van der Waals surface area contributed by atoms with Gasteiger partial charge in [-0.05, 0) is 26.0 Å². The van der Waals surface area contributed by atoms with Gasteiger partial charge in [0.05, 0.1) is 0 Å². The lowest BCUT2D eigenvalue weighted by molar-refractivity contribution is 0.406. The fourth-order valence-electron chi connectivity index (χ4n) is 2.22. The van der Waals surface area contributed by atoms with Gasteiger partial charge in [-0.1, -0.05) is 0 Å². The Kier molecular flexibility index (Phi) is 3.10. The van der Waals surface area contributed by atoms with Crippen LogP contribution in [0.3, 0.4) is 0 Å². The smallest absolute Gasteiger partial charge is 0.160 e. The first kappa shape index (κ1) is 11.3. The van der Waals surface area contributed by atoms with E-state index < -0.39 is 11.6 Å². The summed E-state index contributed by atoms with van der Waals surface area (Å²) in [5, 5.41) is 3.40. The molecule has 0 aromatic heterocycles. The normalized spacial score (nSPS) is 25.9. The van der Waals surface area contributed by atoms with Crippen molar-refractivity contribution in [2.45, 2.75) is 25.9 Å². The van der Waals surface area contributed by atoms with E-state index in [1.165, 1.54) is 12.1 Å². The quantitative estimate of drug-likeness (QED) is 0.789. The van der Waals surface area contributed by atoms with Crippen LogP contribution in [-0.4, -0.2) is 25.2 Å². The lowest BCUT2D eigenvalue weighted by atomic mass is 10.1. The molecule has 88 valence electrons. The maximum atomic E-state index is 13.1. The van der Waals surface area contributed by atoms with E-state index in [2.05, 4.69) is 24.1 Å². The summed E-state index contributed by atoms with van der Waals surface area (Å²) in [5.74, 6) is -1.57. The zero-order valence-electron chi connectivity index (χ0n) is 9.50. The molecule has 0 bridgehead atoms. The number of anilines is 1. The average molecular weight is 226 g/mol. The van der Waals surface area contributed by atoms with Gasteiger partial charge in [0.2, 0.25) is 0 Å². The minimum atomic E-state index is -0.792. The predicted molar refractivity (Wildman–Crippen MR) is 60.6 cm³/mol. The molecule has 1 aliphatic heterocycles. The van der Waals surface area contributed by atoms with Crippen molar-refractivity contribution in [1.82, 2.24) is 5.32 Å². The van der Waals surface area contributed by atoms with Gasteiger partial charge >= 0.3 is 0 Å². The molecule has 0 saturated carbocycles. The molecule has 1 aromatic rings. The van der Waals surface area contributed by atoms with Crippen molar-refractivity contribution < 1.29 is 8.78 Å². The summed E-state index contributed by atoms with van der Waals surface area (Å²) in [5.41, 5.74) is 0.749. The van der Waals surface area contributed by atoms with Crippen LogP contribution in [0.15, 0.2) is 18.2 Å². The van der Waals surface area contributed by atoms with Gasteiger partial charge in [0.15, 0.2) is 11.6 Å². The van der Waals surface area contributed by atoms with Gasteiger partial charge in [0.1, 0.15) is 0 Å². The van der Waals surface area contributed by atoms with Gasteiger partial charge < -0.3 is 10.2 Å². The van der Waals surface area contributed by atoms with Gasteiger partial charge in [0.25, 0.3) is 0 Å². The zero-order valence-corrected chi connectivity index (χ0v) is 9.50. The Bertz CT molecular complexity index is 371. The fourth-order valence-corrected chi connectivity index (χ4v) is 2.22. The molecular formula is C12H16F2N2. The minimum Gasteiger partial charge on any atom is -0.368 e. The van der Waals surface area contributed by atoms with Gasteiger partial charge in [-0.2, -0.15) is 0 Å². The topological polar surface area (TPSA) is 15.3 Å². The molecule has 16 heavy (non-hydrogen) atoms. The van der Waals surface area contributed by atoms with E-state index in [9.17, 15) is 8.78 Å². The van der Waals surface area contributed by atoms with E-state index in [-0.39, 0.29) is 0 Å². The number of rotatable bonds is 1. The van der Waals surface area contributed by atoms with E-state index in [0.29, 0.717) is 12.1 Å². The number of halogens is 2. The Balaban J connectivity index is 2.19. The maximum absolute atomic E-state index is 13.1. The third-order valence-electron chi connectivity index (χ3n) is 2.83. The second-order valence-corrected chi connectivity index (χ2v) is 4.47. The third kappa shape index (κ3) is 2.32. The Hall–Kier alpha value is -1.16. The first-order valence-electron chi connectivity index (χ1n) is 5.52. The summed E-state index contributed by atoms with van der Waals surface area (Å²) in [7, 11) is 0. The van der Waals surface area contributed by atoms with Crippen LogP contribution in [-0.2, 0) is 0 Å². The molecule has 2 nitrogen and oxygen atoms in total. The molecule has 1 aliphatic rings. The molecule has 1 N–H and O–H groups in total. The lowest BCUT2D eigenvalue weighted by Crippen LogP contribution is -2.54. The van der Waals surface area contributed by atoms with Crippen LogP contribution < -0.4 is 10.2 Å². The monoisotopic (exact) mass is 226 g/mol. The number of hydrogen-bond acceptors (Lipinski definition) is 2. The zero-order chi connectivity index (χ0) is 11.7. The molecule has 0 radical (unpaired) electrons. The molecule has 1 aromatic carbocycles. The van der Waals surface area contributed by atoms with E-state index in [1.807, 2.05) is 0 Å². The number of nitrogens with one attached hydrogen (secondary N) is 1. The Morgan fingerprint density at radius 3 is 2.31 bits per heavy atom. The summed E-state index contributed by atoms with van der Waals surface area (Å²) in [6, 6.07) is 4.79. The molecule has 1 saturated heterocycles. The van der Waals surface area contributed by atoms with Gasteiger partial charge in [-0.3, -0.25) is 0 Å². The first-order valence-corrected chi connectivity index (χ1v) is 5.52. The molecule has 0 amide bonds. The summed E-state index contributed by atoms with van der Waals surface area (Å²) in [6.07, 6.45) is 0. The summed E-state index contributed by atoms with van der Waals surface area (Å²) in [4.78, 5) is 2.08. The van der Waals surface area contributed by atoms with Crippen molar-refractivity contribution in [2.75, 3.05) is 18.0 Å². The molecular weight excluding hydrogens is 210 g/mol. The highest BCUT2D eigenvalue weighted by Gasteiger charge is 2.21. The second-order valence-electron chi connectivity index (χ2n) is 4.47. The van der Waals surface area contributed by atoms with Crippen molar-refractivity contribution in [3.63, 3.8) is 0 Å². The summed E-state index contributed by atoms with van der Waals surface area (Å²) < 4.78 is 25.9. The van der Waals surface area contributed by atoms with Gasteiger partial charge in [-0.15, -0.1) is 0 Å². The van der Waals surface area contributed by atoms with E-state index in [1.54, 1.807) is 6.07 Å². The summed E-state index contributed by atoms with van der Waals surface area (Å²) in [6.45, 7) is 5.80. The van der Waals surface area contributed by atoms with Crippen molar-refractivity contribution in [2.24, 2.45) is 0 Å². The van der Waals surface area contributed by atoms with Crippen molar-refractivity contribution in [1.29, 1.82) is 0 Å². The van der Waals surface area contributed by atoms with Crippen LogP contribution in [0.2, 0.25) is 0 Å². The summed E-state index contributed by atoms with van der Waals surface area (Å²) >= 11 is 0. The molecule has 2 rings (SSSR count). The van der Waals surface area contributed by atoms with Crippen LogP contribution >= 0.6 is 0 Å². The van der Waals surface area contributed by atoms with Gasteiger partial charge in [0, 0.05) is 36.9 Å². The molecule has 2 atom stereocenters. The number of piperazine rings is 1. The van der Waals surface area contributed by atoms with Crippen LogP contribution in [0.1, 0.15) is 13.8 Å². The average Bonchev–Trinajstić information content (AvgIpc) is 2.20. The van der Waals surface area contributed by atoms with E-state index in [0.717, 1.165) is 18.8 Å². The third-order valence-corrected chi connectivity index (χ3v) is 2.83. The Labute approximate surface area is 94.3 Å². The van der Waals surface area contributed by atoms with Crippen molar-refractivity contribution in [3.8, 4) is 0 Å². The Morgan fingerprint density at radius 2 is 1.75 bits per heavy atom. The van der Waals surface area contributed by atoms with Crippen molar-refractivity contribution >= 4 is 5.69 Å². The largest absolute Gasteiger partial charge is 0.368 e. The first-order chi connectivity index (χ1) is 7.56. The number of benzene rings is 1. The lowest BCUT2D eigenvalue weighted by Gasteiger charge is -2.37. The Morgan fingerprint density at radius 1 is 1.12 bits per heavy atom. The highest BCUT2D eigenvalue weighted by Crippen LogP contribution is 2.20. The second kappa shape index (κ2) is 4.37. The molecule has 4 heteroatoms. The van der Waals surface area contributed by atoms with Crippen molar-refractivity contribution in [3.05, 3.63) is 29.8 Å². The molecule has 2 unspecified atom stereocenters.